The maximum Gasteiger partial charge on any atom is 0.252 e. The van der Waals surface area contributed by atoms with Crippen molar-refractivity contribution in [2.45, 2.75) is 26.2 Å². The molecule has 2 rings (SSSR count). The van der Waals surface area contributed by atoms with E-state index in [1.807, 2.05) is 0 Å². The van der Waals surface area contributed by atoms with Crippen molar-refractivity contribution in [3.63, 3.8) is 0 Å². The first-order valence-corrected chi connectivity index (χ1v) is 6.07. The normalized spacial score (nSPS) is 23.6. The van der Waals surface area contributed by atoms with Gasteiger partial charge in [-0.25, -0.2) is 0 Å². The Kier molecular flexibility index (Phi) is 3.61. The Morgan fingerprint density at radius 3 is 3.00 bits per heavy atom. The lowest BCUT2D eigenvalue weighted by Crippen LogP contribution is -2.28. The third-order valence-electron chi connectivity index (χ3n) is 3.34. The number of carbonyl (C=O) groups is 1. The van der Waals surface area contributed by atoms with Gasteiger partial charge >= 0.3 is 0 Å². The third-order valence-corrected chi connectivity index (χ3v) is 3.34. The van der Waals surface area contributed by atoms with E-state index in [1.165, 1.54) is 37.7 Å². The third kappa shape index (κ3) is 3.19. The van der Waals surface area contributed by atoms with Crippen molar-refractivity contribution in [2.24, 2.45) is 11.8 Å². The summed E-state index contributed by atoms with van der Waals surface area (Å²) >= 11 is 0. The molecule has 0 aromatic carbocycles. The second-order valence-corrected chi connectivity index (χ2v) is 4.93. The van der Waals surface area contributed by atoms with Crippen molar-refractivity contribution in [1.29, 1.82) is 0 Å². The van der Waals surface area contributed by atoms with Gasteiger partial charge in [0.2, 0.25) is 0 Å². The van der Waals surface area contributed by atoms with Gasteiger partial charge in [0.05, 0.1) is 11.8 Å². The van der Waals surface area contributed by atoms with E-state index in [-0.39, 0.29) is 11.7 Å². The number of amides is 1. The number of pyridine rings is 1. The van der Waals surface area contributed by atoms with Gasteiger partial charge in [-0.1, -0.05) is 13.3 Å². The highest BCUT2D eigenvalue weighted by molar-refractivity contribution is 5.94. The fourth-order valence-electron chi connectivity index (χ4n) is 2.40. The van der Waals surface area contributed by atoms with Gasteiger partial charge in [0.1, 0.15) is 5.75 Å². The van der Waals surface area contributed by atoms with Gasteiger partial charge < -0.3 is 10.4 Å². The lowest BCUT2D eigenvalue weighted by atomic mass is 10.1. The smallest absolute Gasteiger partial charge is 0.252 e. The largest absolute Gasteiger partial charge is 0.506 e. The minimum atomic E-state index is -0.159. The molecule has 4 heteroatoms. The molecule has 1 aliphatic carbocycles. The van der Waals surface area contributed by atoms with Crippen molar-refractivity contribution < 1.29 is 9.90 Å². The number of aromatic nitrogens is 1. The SMILES string of the molecule is CC1CCC(CNC(=O)c2cncc(O)c2)C1. The lowest BCUT2D eigenvalue weighted by molar-refractivity contribution is 0.0946. The van der Waals surface area contributed by atoms with Gasteiger partial charge in [0.25, 0.3) is 5.91 Å². The van der Waals surface area contributed by atoms with Crippen molar-refractivity contribution in [3.8, 4) is 5.75 Å². The number of rotatable bonds is 3. The molecule has 1 heterocycles. The predicted octanol–water partition coefficient (Wildman–Crippen LogP) is 1.95. The molecule has 1 aromatic rings. The summed E-state index contributed by atoms with van der Waals surface area (Å²) < 4.78 is 0. The molecule has 1 aliphatic rings. The average Bonchev–Trinajstić information content (AvgIpc) is 2.72. The molecule has 2 N–H and O–H groups in total. The Morgan fingerprint density at radius 2 is 2.35 bits per heavy atom. The molecule has 0 radical (unpaired) electrons. The van der Waals surface area contributed by atoms with Crippen molar-refractivity contribution in [1.82, 2.24) is 10.3 Å². The van der Waals surface area contributed by atoms with E-state index in [1.54, 1.807) is 0 Å². The predicted molar refractivity (Wildman–Crippen MR) is 64.7 cm³/mol. The summed E-state index contributed by atoms with van der Waals surface area (Å²) in [4.78, 5) is 15.6. The van der Waals surface area contributed by atoms with Crippen LogP contribution < -0.4 is 5.32 Å². The zero-order valence-electron chi connectivity index (χ0n) is 10.0. The summed E-state index contributed by atoms with van der Waals surface area (Å²) in [6.07, 6.45) is 6.42. The quantitative estimate of drug-likeness (QED) is 0.840. The number of aromatic hydroxyl groups is 1. The lowest BCUT2D eigenvalue weighted by Gasteiger charge is -2.11. The fraction of sp³-hybridized carbons (Fsp3) is 0.538. The molecule has 1 aromatic heterocycles. The summed E-state index contributed by atoms with van der Waals surface area (Å²) in [6.45, 7) is 2.97. The molecule has 2 atom stereocenters. The first-order valence-electron chi connectivity index (χ1n) is 6.07. The second-order valence-electron chi connectivity index (χ2n) is 4.93. The van der Waals surface area contributed by atoms with Gasteiger partial charge in [-0.2, -0.15) is 0 Å². The average molecular weight is 234 g/mol. The van der Waals surface area contributed by atoms with Gasteiger partial charge in [-0.05, 0) is 30.7 Å². The number of nitrogens with zero attached hydrogens (tertiary/aromatic N) is 1. The van der Waals surface area contributed by atoms with Gasteiger partial charge in [0.15, 0.2) is 0 Å². The Bertz CT molecular complexity index is 406. The van der Waals surface area contributed by atoms with Crippen molar-refractivity contribution in [3.05, 3.63) is 24.0 Å². The molecule has 1 amide bonds. The van der Waals surface area contributed by atoms with E-state index < -0.39 is 0 Å². The summed E-state index contributed by atoms with van der Waals surface area (Å²) in [5, 5.41) is 12.1. The Labute approximate surface area is 101 Å². The first-order chi connectivity index (χ1) is 8.15. The molecule has 1 saturated carbocycles. The maximum absolute atomic E-state index is 11.8. The van der Waals surface area contributed by atoms with Crippen LogP contribution in [0.4, 0.5) is 0 Å². The van der Waals surface area contributed by atoms with Crippen LogP contribution in [0.1, 0.15) is 36.5 Å². The van der Waals surface area contributed by atoms with E-state index in [4.69, 9.17) is 0 Å². The Morgan fingerprint density at radius 1 is 1.53 bits per heavy atom. The topological polar surface area (TPSA) is 62.2 Å². The van der Waals surface area contributed by atoms with Gasteiger partial charge in [0, 0.05) is 12.7 Å². The van der Waals surface area contributed by atoms with Gasteiger partial charge in [-0.3, -0.25) is 9.78 Å². The van der Waals surface area contributed by atoms with E-state index in [2.05, 4.69) is 17.2 Å². The summed E-state index contributed by atoms with van der Waals surface area (Å²) in [5.41, 5.74) is 0.413. The van der Waals surface area contributed by atoms with Crippen LogP contribution in [-0.2, 0) is 0 Å². The highest BCUT2D eigenvalue weighted by Crippen LogP contribution is 2.29. The van der Waals surface area contributed by atoms with Crippen LogP contribution >= 0.6 is 0 Å². The van der Waals surface area contributed by atoms with E-state index >= 15 is 0 Å². The molecule has 2 unspecified atom stereocenters. The molecule has 0 bridgehead atoms. The fourth-order valence-corrected chi connectivity index (χ4v) is 2.40. The van der Waals surface area contributed by atoms with E-state index in [0.717, 1.165) is 12.5 Å². The number of nitrogens with one attached hydrogen (secondary N) is 1. The van der Waals surface area contributed by atoms with Crippen LogP contribution in [0.2, 0.25) is 0 Å². The highest BCUT2D eigenvalue weighted by atomic mass is 16.3. The first kappa shape index (κ1) is 11.9. The van der Waals surface area contributed by atoms with Crippen molar-refractivity contribution in [2.75, 3.05) is 6.54 Å². The number of carbonyl (C=O) groups excluding carboxylic acids is 1. The summed E-state index contributed by atoms with van der Waals surface area (Å²) in [5.74, 6) is 1.23. The Balaban J connectivity index is 1.85. The molecule has 92 valence electrons. The number of hydrogen-bond donors (Lipinski definition) is 2. The minimum Gasteiger partial charge on any atom is -0.506 e. The zero-order chi connectivity index (χ0) is 12.3. The van der Waals surface area contributed by atoms with Crippen molar-refractivity contribution >= 4 is 5.91 Å². The standard InChI is InChI=1S/C13H18N2O2/c1-9-2-3-10(4-9)6-15-13(17)11-5-12(16)8-14-7-11/h5,7-10,16H,2-4,6H2,1H3,(H,15,17). The highest BCUT2D eigenvalue weighted by Gasteiger charge is 2.21. The van der Waals surface area contributed by atoms with Crippen LogP contribution in [0.5, 0.6) is 5.75 Å². The van der Waals surface area contributed by atoms with Crippen LogP contribution in [-0.4, -0.2) is 22.5 Å². The van der Waals surface area contributed by atoms with Crippen LogP contribution in [0.3, 0.4) is 0 Å². The Hall–Kier alpha value is -1.58. The number of hydrogen-bond acceptors (Lipinski definition) is 3. The maximum atomic E-state index is 11.8. The van der Waals surface area contributed by atoms with E-state index in [9.17, 15) is 9.90 Å². The molecule has 4 nitrogen and oxygen atoms in total. The molecule has 1 fully saturated rings. The molecule has 0 spiro atoms. The minimum absolute atomic E-state index is 0.0205. The molecule has 17 heavy (non-hydrogen) atoms. The molecule has 0 aliphatic heterocycles. The van der Waals surface area contributed by atoms with Crippen LogP contribution in [0.25, 0.3) is 0 Å². The second kappa shape index (κ2) is 5.17. The molecular weight excluding hydrogens is 216 g/mol. The van der Waals surface area contributed by atoms with Gasteiger partial charge in [-0.15, -0.1) is 0 Å². The summed E-state index contributed by atoms with van der Waals surface area (Å²) in [7, 11) is 0. The molecule has 0 saturated heterocycles. The summed E-state index contributed by atoms with van der Waals surface area (Å²) in [6, 6.07) is 1.43. The van der Waals surface area contributed by atoms with Crippen LogP contribution in [0.15, 0.2) is 18.5 Å². The monoisotopic (exact) mass is 234 g/mol. The molecular formula is C13H18N2O2. The van der Waals surface area contributed by atoms with E-state index in [0.29, 0.717) is 11.5 Å². The van der Waals surface area contributed by atoms with Crippen LogP contribution in [0, 0.1) is 11.8 Å². The zero-order valence-corrected chi connectivity index (χ0v) is 10.0.